The molecule has 1 aliphatic carbocycles. The maximum Gasteiger partial charge on any atom is 0.244 e. The summed E-state index contributed by atoms with van der Waals surface area (Å²) >= 11 is 12.8. The van der Waals surface area contributed by atoms with Gasteiger partial charge in [-0.3, -0.25) is 13.9 Å². The first-order chi connectivity index (χ1) is 17.4. The van der Waals surface area contributed by atoms with E-state index in [2.05, 4.69) is 5.32 Å². The number of amides is 2. The zero-order chi connectivity index (χ0) is 27.3. The molecule has 7 nitrogen and oxygen atoms in total. The fourth-order valence-corrected chi connectivity index (χ4v) is 6.20. The van der Waals surface area contributed by atoms with Gasteiger partial charge >= 0.3 is 0 Å². The molecule has 2 amide bonds. The lowest BCUT2D eigenvalue weighted by Crippen LogP contribution is -2.53. The zero-order valence-corrected chi connectivity index (χ0v) is 24.1. The molecule has 1 aliphatic rings. The van der Waals surface area contributed by atoms with Crippen molar-refractivity contribution >= 4 is 50.7 Å². The maximum absolute atomic E-state index is 13.9. The van der Waals surface area contributed by atoms with E-state index in [1.165, 1.54) is 4.90 Å². The maximum atomic E-state index is 13.9. The summed E-state index contributed by atoms with van der Waals surface area (Å²) in [5.74, 6) is -0.780. The van der Waals surface area contributed by atoms with Crippen LogP contribution in [0.25, 0.3) is 0 Å². The Bertz CT molecular complexity index is 1210. The van der Waals surface area contributed by atoms with Crippen LogP contribution in [0, 0.1) is 13.8 Å². The summed E-state index contributed by atoms with van der Waals surface area (Å²) in [5, 5.41) is 3.81. The average molecular weight is 569 g/mol. The molecule has 3 rings (SSSR count). The normalized spacial score (nSPS) is 14.9. The minimum absolute atomic E-state index is 0.0294. The number of nitrogens with zero attached hydrogens (tertiary/aromatic N) is 2. The van der Waals surface area contributed by atoms with Crippen LogP contribution in [-0.4, -0.2) is 50.0 Å². The van der Waals surface area contributed by atoms with Crippen molar-refractivity contribution in [2.45, 2.75) is 71.5 Å². The molecule has 0 saturated heterocycles. The number of carbonyl (C=O) groups is 2. The van der Waals surface area contributed by atoms with Crippen molar-refractivity contribution in [1.29, 1.82) is 0 Å². The van der Waals surface area contributed by atoms with Gasteiger partial charge in [-0.05, 0) is 68.5 Å². The van der Waals surface area contributed by atoms with Crippen molar-refractivity contribution in [3.8, 4) is 0 Å². The molecule has 0 bridgehead atoms. The molecule has 1 unspecified atom stereocenters. The van der Waals surface area contributed by atoms with E-state index in [4.69, 9.17) is 23.2 Å². The quantitative estimate of drug-likeness (QED) is 0.425. The summed E-state index contributed by atoms with van der Waals surface area (Å²) in [6.07, 6.45) is 5.33. The Morgan fingerprint density at radius 2 is 1.62 bits per heavy atom. The molecular weight excluding hydrogens is 533 g/mol. The van der Waals surface area contributed by atoms with E-state index >= 15 is 0 Å². The second kappa shape index (κ2) is 12.5. The van der Waals surface area contributed by atoms with Crippen molar-refractivity contribution in [2.24, 2.45) is 0 Å². The standard InChI is InChI=1S/C27H35Cl2N3O4S/c1-5-25(27(34)30-20-9-6-7-10-20)31(16-22-23(28)11-8-12-24(22)29)26(33)17-32(37(4,35)36)21-14-18(2)13-19(3)15-21/h8,11-15,20,25H,5-7,9-10,16-17H2,1-4H3,(H,30,34). The fraction of sp³-hybridized carbons (Fsp3) is 0.481. The van der Waals surface area contributed by atoms with Crippen molar-refractivity contribution in [1.82, 2.24) is 10.2 Å². The minimum Gasteiger partial charge on any atom is -0.352 e. The average Bonchev–Trinajstić information content (AvgIpc) is 3.30. The molecule has 0 aromatic heterocycles. The number of rotatable bonds is 10. The van der Waals surface area contributed by atoms with Crippen LogP contribution in [0.2, 0.25) is 10.0 Å². The molecule has 0 heterocycles. The molecule has 1 saturated carbocycles. The summed E-state index contributed by atoms with van der Waals surface area (Å²) in [5.41, 5.74) is 2.65. The van der Waals surface area contributed by atoms with Crippen molar-refractivity contribution in [3.63, 3.8) is 0 Å². The number of hydrogen-bond donors (Lipinski definition) is 1. The van der Waals surface area contributed by atoms with Crippen LogP contribution >= 0.6 is 23.2 Å². The van der Waals surface area contributed by atoms with Gasteiger partial charge in [0.2, 0.25) is 21.8 Å². The summed E-state index contributed by atoms with van der Waals surface area (Å²) in [4.78, 5) is 28.6. The predicted molar refractivity (Wildman–Crippen MR) is 150 cm³/mol. The zero-order valence-electron chi connectivity index (χ0n) is 21.8. The monoisotopic (exact) mass is 567 g/mol. The predicted octanol–water partition coefficient (Wildman–Crippen LogP) is 5.24. The van der Waals surface area contributed by atoms with Gasteiger partial charge in [0.1, 0.15) is 12.6 Å². The SMILES string of the molecule is CCC(C(=O)NC1CCCC1)N(Cc1c(Cl)cccc1Cl)C(=O)CN(c1cc(C)cc(C)c1)S(C)(=O)=O. The molecule has 2 aromatic carbocycles. The lowest BCUT2D eigenvalue weighted by molar-refractivity contribution is -0.140. The molecule has 0 spiro atoms. The Hall–Kier alpha value is -2.29. The van der Waals surface area contributed by atoms with E-state index in [-0.39, 0.29) is 18.5 Å². The van der Waals surface area contributed by atoms with Gasteiger partial charge in [-0.2, -0.15) is 0 Å². The Morgan fingerprint density at radius 3 is 2.14 bits per heavy atom. The van der Waals surface area contributed by atoms with Gasteiger partial charge in [0.25, 0.3) is 0 Å². The summed E-state index contributed by atoms with van der Waals surface area (Å²) in [7, 11) is -3.81. The fourth-order valence-electron chi connectivity index (χ4n) is 4.85. The van der Waals surface area contributed by atoms with E-state index < -0.39 is 28.5 Å². The van der Waals surface area contributed by atoms with Crippen molar-refractivity contribution in [2.75, 3.05) is 17.1 Å². The number of carbonyl (C=O) groups excluding carboxylic acids is 2. The molecule has 1 fully saturated rings. The van der Waals surface area contributed by atoms with Gasteiger partial charge in [0.05, 0.1) is 11.9 Å². The van der Waals surface area contributed by atoms with Gasteiger partial charge in [-0.15, -0.1) is 0 Å². The van der Waals surface area contributed by atoms with Gasteiger partial charge < -0.3 is 10.2 Å². The second-order valence-electron chi connectivity index (χ2n) is 9.75. The van der Waals surface area contributed by atoms with Crippen LogP contribution in [0.1, 0.15) is 55.7 Å². The number of hydrogen-bond acceptors (Lipinski definition) is 4. The number of halogens is 2. The highest BCUT2D eigenvalue weighted by Crippen LogP contribution is 2.28. The molecule has 10 heteroatoms. The highest BCUT2D eigenvalue weighted by Gasteiger charge is 2.33. The molecular formula is C27H35Cl2N3O4S. The topological polar surface area (TPSA) is 86.8 Å². The van der Waals surface area contributed by atoms with Crippen LogP contribution < -0.4 is 9.62 Å². The molecule has 1 atom stereocenters. The summed E-state index contributed by atoms with van der Waals surface area (Å²) in [6, 6.07) is 9.67. The Balaban J connectivity index is 1.99. The van der Waals surface area contributed by atoms with Crippen LogP contribution in [0.4, 0.5) is 5.69 Å². The number of aryl methyl sites for hydroxylation is 2. The Labute approximate surface area is 230 Å². The lowest BCUT2D eigenvalue weighted by atomic mass is 10.1. The van der Waals surface area contributed by atoms with Crippen LogP contribution in [0.3, 0.4) is 0 Å². The third kappa shape index (κ3) is 7.62. The third-order valence-corrected chi connectivity index (χ3v) is 8.50. The second-order valence-corrected chi connectivity index (χ2v) is 12.5. The Morgan fingerprint density at radius 1 is 1.05 bits per heavy atom. The van der Waals surface area contributed by atoms with Crippen LogP contribution in [0.15, 0.2) is 36.4 Å². The first kappa shape index (κ1) is 29.3. The highest BCUT2D eigenvalue weighted by molar-refractivity contribution is 7.92. The number of anilines is 1. The first-order valence-corrected chi connectivity index (χ1v) is 15.1. The van der Waals surface area contributed by atoms with Crippen molar-refractivity contribution in [3.05, 3.63) is 63.1 Å². The largest absolute Gasteiger partial charge is 0.352 e. The number of nitrogens with one attached hydrogen (secondary N) is 1. The molecule has 0 aliphatic heterocycles. The summed E-state index contributed by atoms with van der Waals surface area (Å²) < 4.78 is 26.7. The van der Waals surface area contributed by atoms with E-state index in [0.29, 0.717) is 27.7 Å². The molecule has 0 radical (unpaired) electrons. The molecule has 202 valence electrons. The third-order valence-electron chi connectivity index (χ3n) is 6.65. The first-order valence-electron chi connectivity index (χ1n) is 12.5. The molecule has 37 heavy (non-hydrogen) atoms. The van der Waals surface area contributed by atoms with E-state index in [9.17, 15) is 18.0 Å². The van der Waals surface area contributed by atoms with E-state index in [0.717, 1.165) is 47.4 Å². The Kier molecular flexibility index (Phi) is 9.89. The molecule has 2 aromatic rings. The smallest absolute Gasteiger partial charge is 0.244 e. The minimum atomic E-state index is -3.81. The molecule has 1 N–H and O–H groups in total. The van der Waals surface area contributed by atoms with Crippen LogP contribution in [-0.2, 0) is 26.2 Å². The van der Waals surface area contributed by atoms with Gasteiger partial charge in [0, 0.05) is 28.2 Å². The van der Waals surface area contributed by atoms with Gasteiger partial charge in [0.15, 0.2) is 0 Å². The number of sulfonamides is 1. The van der Waals surface area contributed by atoms with E-state index in [1.807, 2.05) is 26.8 Å². The number of benzene rings is 2. The van der Waals surface area contributed by atoms with Gasteiger partial charge in [-0.1, -0.05) is 55.1 Å². The van der Waals surface area contributed by atoms with Gasteiger partial charge in [-0.25, -0.2) is 8.42 Å². The lowest BCUT2D eigenvalue weighted by Gasteiger charge is -2.34. The van der Waals surface area contributed by atoms with E-state index in [1.54, 1.807) is 30.3 Å². The van der Waals surface area contributed by atoms with Crippen LogP contribution in [0.5, 0.6) is 0 Å². The summed E-state index contributed by atoms with van der Waals surface area (Å²) in [6.45, 7) is 5.07. The van der Waals surface area contributed by atoms with Crippen molar-refractivity contribution < 1.29 is 18.0 Å². The highest BCUT2D eigenvalue weighted by atomic mass is 35.5.